The van der Waals surface area contributed by atoms with E-state index in [1.165, 1.54) is 46.9 Å². The summed E-state index contributed by atoms with van der Waals surface area (Å²) in [6.07, 6.45) is 0. The second-order valence-electron chi connectivity index (χ2n) is 9.71. The van der Waals surface area contributed by atoms with Gasteiger partial charge in [0, 0.05) is 28.9 Å². The molecule has 0 saturated carbocycles. The Labute approximate surface area is 269 Å². The van der Waals surface area contributed by atoms with Crippen LogP contribution in [0.5, 0.6) is 11.5 Å². The van der Waals surface area contributed by atoms with Crippen molar-refractivity contribution in [3.63, 3.8) is 0 Å². The molecular formula is C28H22N4O10S4. The van der Waals surface area contributed by atoms with Gasteiger partial charge in [-0.25, -0.2) is 9.97 Å². The van der Waals surface area contributed by atoms with Crippen molar-refractivity contribution in [1.29, 1.82) is 0 Å². The van der Waals surface area contributed by atoms with Crippen molar-refractivity contribution < 1.29 is 39.2 Å². The van der Waals surface area contributed by atoms with E-state index in [0.29, 0.717) is 31.5 Å². The van der Waals surface area contributed by atoms with Crippen molar-refractivity contribution in [3.05, 3.63) is 94.0 Å². The number of aromatic nitrogens is 2. The number of nitro benzene ring substituents is 1. The van der Waals surface area contributed by atoms with E-state index in [4.69, 9.17) is 14.8 Å². The van der Waals surface area contributed by atoms with Gasteiger partial charge in [0.15, 0.2) is 11.5 Å². The normalized spacial score (nSPS) is 11.7. The van der Waals surface area contributed by atoms with Crippen LogP contribution in [0.1, 0.15) is 11.1 Å². The number of anilines is 1. The topological polar surface area (TPSA) is 222 Å². The molecule has 0 aliphatic carbocycles. The molecule has 0 saturated heterocycles. The van der Waals surface area contributed by atoms with Crippen LogP contribution in [0.25, 0.3) is 41.6 Å². The Kier molecular flexibility index (Phi) is 8.94. The summed E-state index contributed by atoms with van der Waals surface area (Å²) in [6.45, 7) is 3.56. The summed E-state index contributed by atoms with van der Waals surface area (Å²) in [6, 6.07) is 19.7. The average Bonchev–Trinajstić information content (AvgIpc) is 3.57. The highest BCUT2D eigenvalue weighted by Gasteiger charge is 2.18. The minimum atomic E-state index is -4.67. The van der Waals surface area contributed by atoms with Gasteiger partial charge < -0.3 is 14.1 Å². The van der Waals surface area contributed by atoms with Crippen LogP contribution in [0.15, 0.2) is 72.8 Å². The molecule has 4 aromatic carbocycles. The molecule has 18 heteroatoms. The number of nitro groups is 1. The quantitative estimate of drug-likeness (QED) is 0.0710. The minimum absolute atomic E-state index is 0.00967. The molecule has 0 bridgehead atoms. The Hall–Kier alpha value is -4.72. The van der Waals surface area contributed by atoms with Crippen molar-refractivity contribution >= 4 is 75.3 Å². The molecule has 2 heterocycles. The molecule has 238 valence electrons. The van der Waals surface area contributed by atoms with E-state index in [9.17, 15) is 26.9 Å². The summed E-state index contributed by atoms with van der Waals surface area (Å²) in [4.78, 5) is 18.9. The largest absolute Gasteiger partial charge is 0.446 e. The molecule has 0 aliphatic heterocycles. The van der Waals surface area contributed by atoms with Crippen LogP contribution in [-0.2, 0) is 20.8 Å². The number of fused-ring (bicyclic) bond motifs is 2. The van der Waals surface area contributed by atoms with Gasteiger partial charge in [-0.2, -0.15) is 16.8 Å². The number of rotatable bonds is 7. The SMILES string of the molecule is Cc1cc(OS(=O)(=O)O)c2nc(-c3ccc(N)cc3)sc2c1.Cc1cc(OS(=O)(=O)O)c2nc(-c3ccc([N+](=O)[O-])cc3)sc2c1. The third-order valence-corrected chi connectivity index (χ3v) is 8.96. The van der Waals surface area contributed by atoms with Crippen molar-refractivity contribution in [3.8, 4) is 32.6 Å². The molecule has 0 radical (unpaired) electrons. The van der Waals surface area contributed by atoms with E-state index in [1.54, 1.807) is 44.2 Å². The van der Waals surface area contributed by atoms with Crippen LogP contribution >= 0.6 is 22.7 Å². The molecule has 4 N–H and O–H groups in total. The molecule has 0 spiro atoms. The fraction of sp³-hybridized carbons (Fsp3) is 0.0714. The standard InChI is InChI=1S/C14H10N2O6S2.C14H12N2O4S2/c1-8-6-11(22-24(19,20)21)13-12(7-8)23-14(15-13)9-2-4-10(5-3-9)16(17)18;1-8-6-11(20-22(17,18)19)13-12(7-8)21-14(16-13)9-2-4-10(15)5-3-9/h2-7H,1H3,(H,19,20,21);2-7H,15H2,1H3,(H,17,18,19). The molecule has 14 nitrogen and oxygen atoms in total. The maximum atomic E-state index is 11.0. The summed E-state index contributed by atoms with van der Waals surface area (Å²) < 4.78 is 72.3. The number of non-ortho nitro benzene ring substituents is 1. The lowest BCUT2D eigenvalue weighted by Crippen LogP contribution is -2.07. The van der Waals surface area contributed by atoms with E-state index >= 15 is 0 Å². The Morgan fingerprint density at radius 1 is 0.717 bits per heavy atom. The fourth-order valence-electron chi connectivity index (χ4n) is 4.21. The maximum Gasteiger partial charge on any atom is 0.446 e. The van der Waals surface area contributed by atoms with E-state index < -0.39 is 25.7 Å². The first-order valence-corrected chi connectivity index (χ1v) is 17.2. The first-order valence-electron chi connectivity index (χ1n) is 12.8. The van der Waals surface area contributed by atoms with E-state index in [-0.39, 0.29) is 22.7 Å². The summed E-state index contributed by atoms with van der Waals surface area (Å²) in [7, 11) is -9.26. The number of thiazole rings is 2. The molecule has 46 heavy (non-hydrogen) atoms. The second-order valence-corrected chi connectivity index (χ2v) is 13.8. The van der Waals surface area contributed by atoms with E-state index in [0.717, 1.165) is 21.4 Å². The summed E-state index contributed by atoms with van der Waals surface area (Å²) in [5.74, 6) is -0.0626. The number of nitrogens with zero attached hydrogens (tertiary/aromatic N) is 3. The highest BCUT2D eigenvalue weighted by atomic mass is 32.3. The number of aryl methyl sites for hydroxylation is 2. The zero-order chi connectivity index (χ0) is 33.4. The van der Waals surface area contributed by atoms with Gasteiger partial charge in [-0.1, -0.05) is 0 Å². The van der Waals surface area contributed by atoms with Gasteiger partial charge in [0.25, 0.3) is 5.69 Å². The number of hydrogen-bond donors (Lipinski definition) is 3. The van der Waals surface area contributed by atoms with Gasteiger partial charge in [-0.15, -0.1) is 22.7 Å². The Morgan fingerprint density at radius 2 is 1.11 bits per heavy atom. The van der Waals surface area contributed by atoms with Crippen molar-refractivity contribution in [2.75, 3.05) is 5.73 Å². The van der Waals surface area contributed by atoms with Gasteiger partial charge in [0.1, 0.15) is 21.0 Å². The van der Waals surface area contributed by atoms with Crippen molar-refractivity contribution in [2.24, 2.45) is 0 Å². The number of hydrogen-bond acceptors (Lipinski definition) is 13. The molecule has 0 atom stereocenters. The molecule has 6 rings (SSSR count). The predicted octanol–water partition coefficient (Wildman–Crippen LogP) is 6.40. The predicted molar refractivity (Wildman–Crippen MR) is 175 cm³/mol. The maximum absolute atomic E-state index is 11.0. The summed E-state index contributed by atoms with van der Waals surface area (Å²) in [5.41, 5.74) is 10.0. The van der Waals surface area contributed by atoms with Gasteiger partial charge in [-0.05, 0) is 85.6 Å². The number of nitrogen functional groups attached to an aromatic ring is 1. The molecular weight excluding hydrogens is 681 g/mol. The summed E-state index contributed by atoms with van der Waals surface area (Å²) >= 11 is 2.68. The molecule has 6 aromatic rings. The lowest BCUT2D eigenvalue weighted by atomic mass is 10.2. The Bertz CT molecular complexity index is 2320. The molecule has 0 fully saturated rings. The minimum Gasteiger partial charge on any atom is -0.399 e. The highest BCUT2D eigenvalue weighted by molar-refractivity contribution is 7.81. The van der Waals surface area contributed by atoms with Gasteiger partial charge in [-0.3, -0.25) is 19.2 Å². The first-order chi connectivity index (χ1) is 21.5. The smallest absolute Gasteiger partial charge is 0.399 e. The Morgan fingerprint density at radius 3 is 1.48 bits per heavy atom. The van der Waals surface area contributed by atoms with Gasteiger partial charge in [0.2, 0.25) is 0 Å². The first kappa shape index (κ1) is 32.7. The third-order valence-electron chi connectivity index (χ3n) is 6.08. The van der Waals surface area contributed by atoms with Gasteiger partial charge in [0.05, 0.1) is 14.3 Å². The van der Waals surface area contributed by atoms with E-state index in [1.807, 2.05) is 18.2 Å². The van der Waals surface area contributed by atoms with E-state index in [2.05, 4.69) is 18.3 Å². The summed E-state index contributed by atoms with van der Waals surface area (Å²) in [5, 5.41) is 12.0. The molecule has 0 aliphatic rings. The third kappa shape index (κ3) is 7.91. The monoisotopic (exact) mass is 702 g/mol. The number of nitrogens with two attached hydrogens (primary N) is 1. The average molecular weight is 703 g/mol. The zero-order valence-electron chi connectivity index (χ0n) is 23.6. The Balaban J connectivity index is 0.000000182. The lowest BCUT2D eigenvalue weighted by molar-refractivity contribution is -0.384. The van der Waals surface area contributed by atoms with Gasteiger partial charge >= 0.3 is 20.8 Å². The highest BCUT2D eigenvalue weighted by Crippen LogP contribution is 2.38. The zero-order valence-corrected chi connectivity index (χ0v) is 26.9. The van der Waals surface area contributed by atoms with Crippen LogP contribution in [0.4, 0.5) is 11.4 Å². The van der Waals surface area contributed by atoms with Crippen LogP contribution in [0.3, 0.4) is 0 Å². The van der Waals surface area contributed by atoms with Crippen LogP contribution < -0.4 is 14.1 Å². The van der Waals surface area contributed by atoms with Crippen LogP contribution in [0.2, 0.25) is 0 Å². The molecule has 0 amide bonds. The van der Waals surface area contributed by atoms with Crippen molar-refractivity contribution in [1.82, 2.24) is 9.97 Å². The molecule has 0 unspecified atom stereocenters. The van der Waals surface area contributed by atoms with Crippen LogP contribution in [0, 0.1) is 24.0 Å². The van der Waals surface area contributed by atoms with Crippen molar-refractivity contribution in [2.45, 2.75) is 13.8 Å². The lowest BCUT2D eigenvalue weighted by Gasteiger charge is -2.03. The number of benzene rings is 4. The molecule has 2 aromatic heterocycles. The fourth-order valence-corrected chi connectivity index (χ4v) is 7.09. The second kappa shape index (κ2) is 12.6. The van der Waals surface area contributed by atoms with Crippen LogP contribution in [-0.4, -0.2) is 40.8 Å².